The molecule has 1 N–H and O–H groups in total. The molecule has 0 heterocycles. The zero-order valence-corrected chi connectivity index (χ0v) is 12.5. The Labute approximate surface area is 119 Å². The van der Waals surface area contributed by atoms with Crippen molar-refractivity contribution in [3.8, 4) is 0 Å². The highest BCUT2D eigenvalue weighted by Crippen LogP contribution is 2.21. The van der Waals surface area contributed by atoms with E-state index in [0.29, 0.717) is 13.1 Å². The first-order chi connectivity index (χ1) is 9.36. The minimum absolute atomic E-state index is 0.298. The number of hydrogen-bond acceptors (Lipinski definition) is 2. The van der Waals surface area contributed by atoms with Crippen LogP contribution in [0.5, 0.6) is 0 Å². The van der Waals surface area contributed by atoms with Crippen molar-refractivity contribution in [3.05, 3.63) is 30.3 Å². The Bertz CT molecular complexity index is 471. The van der Waals surface area contributed by atoms with Crippen molar-refractivity contribution >= 4 is 17.7 Å². The van der Waals surface area contributed by atoms with Gasteiger partial charge in [-0.25, -0.2) is 9.59 Å². The molecule has 5 nitrogen and oxygen atoms in total. The first kappa shape index (κ1) is 16.0. The number of hydrogen-bond donors (Lipinski definition) is 1. The van der Waals surface area contributed by atoms with Crippen molar-refractivity contribution in [2.45, 2.75) is 33.2 Å². The van der Waals surface area contributed by atoms with Crippen LogP contribution in [0.15, 0.2) is 30.3 Å². The highest BCUT2D eigenvalue weighted by Gasteiger charge is 2.38. The summed E-state index contributed by atoms with van der Waals surface area (Å²) in [5, 5.41) is 9.30. The van der Waals surface area contributed by atoms with Crippen LogP contribution >= 0.6 is 0 Å². The lowest BCUT2D eigenvalue weighted by Crippen LogP contribution is -2.57. The molecule has 0 aliphatic rings. The maximum atomic E-state index is 12.6. The number of carbonyl (C=O) groups is 2. The molecule has 0 fully saturated rings. The number of rotatable bonds is 5. The van der Waals surface area contributed by atoms with Gasteiger partial charge in [0.05, 0.1) is 0 Å². The van der Waals surface area contributed by atoms with Gasteiger partial charge in [0, 0.05) is 18.8 Å². The van der Waals surface area contributed by atoms with E-state index >= 15 is 0 Å². The predicted octanol–water partition coefficient (Wildman–Crippen LogP) is 2.82. The van der Waals surface area contributed by atoms with Gasteiger partial charge in [-0.2, -0.15) is 0 Å². The van der Waals surface area contributed by atoms with E-state index in [1.165, 1.54) is 18.7 Å². The molecule has 0 bridgehead atoms. The van der Waals surface area contributed by atoms with Crippen LogP contribution in [0.4, 0.5) is 10.5 Å². The number of benzene rings is 1. The fraction of sp³-hybridized carbons (Fsp3) is 0.467. The second-order valence-electron chi connectivity index (χ2n) is 4.97. The number of para-hydroxylation sites is 1. The summed E-state index contributed by atoms with van der Waals surface area (Å²) >= 11 is 0. The molecule has 0 saturated heterocycles. The lowest BCUT2D eigenvalue weighted by Gasteiger charge is -2.37. The predicted molar refractivity (Wildman–Crippen MR) is 79.0 cm³/mol. The van der Waals surface area contributed by atoms with Gasteiger partial charge in [-0.15, -0.1) is 0 Å². The summed E-state index contributed by atoms with van der Waals surface area (Å²) in [5.41, 5.74) is -0.478. The molecule has 1 rings (SSSR count). The fourth-order valence-corrected chi connectivity index (χ4v) is 2.07. The molecule has 0 unspecified atom stereocenters. The smallest absolute Gasteiger partial charge is 0.329 e. The Hall–Kier alpha value is -2.04. The second kappa shape index (κ2) is 6.41. The van der Waals surface area contributed by atoms with E-state index in [1.54, 1.807) is 11.8 Å². The average Bonchev–Trinajstić information content (AvgIpc) is 2.41. The first-order valence-corrected chi connectivity index (χ1v) is 6.73. The summed E-state index contributed by atoms with van der Waals surface area (Å²) < 4.78 is 0. The SMILES string of the molecule is CCN(C(=O)N(CC)C(C)(C)C(=O)O)c1ccccc1. The van der Waals surface area contributed by atoms with Crippen LogP contribution in [-0.4, -0.2) is 40.6 Å². The van der Waals surface area contributed by atoms with Crippen LogP contribution < -0.4 is 4.90 Å². The third-order valence-electron chi connectivity index (χ3n) is 3.36. The molecular formula is C15H22N2O3. The summed E-state index contributed by atoms with van der Waals surface area (Å²) in [4.78, 5) is 27.0. The van der Waals surface area contributed by atoms with Gasteiger partial charge >= 0.3 is 12.0 Å². The van der Waals surface area contributed by atoms with Gasteiger partial charge in [0.1, 0.15) is 5.54 Å². The fourth-order valence-electron chi connectivity index (χ4n) is 2.07. The van der Waals surface area contributed by atoms with E-state index in [4.69, 9.17) is 0 Å². The molecular weight excluding hydrogens is 256 g/mol. The molecule has 5 heteroatoms. The summed E-state index contributed by atoms with van der Waals surface area (Å²) in [5.74, 6) is -1.02. The molecule has 0 saturated carbocycles. The van der Waals surface area contributed by atoms with Crippen LogP contribution in [-0.2, 0) is 4.79 Å². The van der Waals surface area contributed by atoms with Crippen molar-refractivity contribution < 1.29 is 14.7 Å². The van der Waals surface area contributed by atoms with Crippen molar-refractivity contribution in [1.82, 2.24) is 4.90 Å². The number of aliphatic carboxylic acids is 1. The number of carboxylic acids is 1. The number of likely N-dealkylation sites (N-methyl/N-ethyl adjacent to an activating group) is 1. The summed E-state index contributed by atoms with van der Waals surface area (Å²) in [7, 11) is 0. The lowest BCUT2D eigenvalue weighted by atomic mass is 10.0. The highest BCUT2D eigenvalue weighted by molar-refractivity contribution is 5.95. The maximum absolute atomic E-state index is 12.6. The molecule has 0 aliphatic heterocycles. The molecule has 0 aromatic heterocycles. The molecule has 0 spiro atoms. The van der Waals surface area contributed by atoms with Crippen LogP contribution in [0.3, 0.4) is 0 Å². The Morgan fingerprint density at radius 1 is 1.10 bits per heavy atom. The number of carbonyl (C=O) groups excluding carboxylic acids is 1. The second-order valence-corrected chi connectivity index (χ2v) is 4.97. The Kier molecular flexibility index (Phi) is 5.13. The number of amides is 2. The van der Waals surface area contributed by atoms with E-state index in [-0.39, 0.29) is 6.03 Å². The van der Waals surface area contributed by atoms with Gasteiger partial charge in [-0.3, -0.25) is 4.90 Å². The van der Waals surface area contributed by atoms with Gasteiger partial charge in [0.15, 0.2) is 0 Å². The Morgan fingerprint density at radius 3 is 2.05 bits per heavy atom. The van der Waals surface area contributed by atoms with Crippen LogP contribution in [0, 0.1) is 0 Å². The quantitative estimate of drug-likeness (QED) is 0.901. The maximum Gasteiger partial charge on any atom is 0.329 e. The number of anilines is 1. The van der Waals surface area contributed by atoms with Gasteiger partial charge in [-0.05, 0) is 39.8 Å². The van der Waals surface area contributed by atoms with Crippen LogP contribution in [0.25, 0.3) is 0 Å². The van der Waals surface area contributed by atoms with Crippen molar-refractivity contribution in [2.24, 2.45) is 0 Å². The molecule has 110 valence electrons. The van der Waals surface area contributed by atoms with Crippen molar-refractivity contribution in [1.29, 1.82) is 0 Å². The summed E-state index contributed by atoms with van der Waals surface area (Å²) in [6.45, 7) is 7.54. The standard InChI is InChI=1S/C15H22N2O3/c1-5-16(12-10-8-7-9-11-12)14(20)17(6-2)15(3,4)13(18)19/h7-11H,5-6H2,1-4H3,(H,18,19). The normalized spacial score (nSPS) is 11.0. The number of urea groups is 1. The molecule has 0 aliphatic carbocycles. The molecule has 0 radical (unpaired) electrons. The highest BCUT2D eigenvalue weighted by atomic mass is 16.4. The Morgan fingerprint density at radius 2 is 1.65 bits per heavy atom. The van der Waals surface area contributed by atoms with Gasteiger partial charge in [0.2, 0.25) is 0 Å². The van der Waals surface area contributed by atoms with E-state index < -0.39 is 11.5 Å². The van der Waals surface area contributed by atoms with E-state index in [9.17, 15) is 14.7 Å². The van der Waals surface area contributed by atoms with Crippen molar-refractivity contribution in [2.75, 3.05) is 18.0 Å². The number of nitrogens with zero attached hydrogens (tertiary/aromatic N) is 2. The van der Waals surface area contributed by atoms with Crippen LogP contribution in [0.2, 0.25) is 0 Å². The molecule has 20 heavy (non-hydrogen) atoms. The largest absolute Gasteiger partial charge is 0.480 e. The zero-order chi connectivity index (χ0) is 15.3. The topological polar surface area (TPSA) is 60.9 Å². The Balaban J connectivity index is 3.09. The first-order valence-electron chi connectivity index (χ1n) is 6.73. The summed E-state index contributed by atoms with van der Waals surface area (Å²) in [6, 6.07) is 8.95. The van der Waals surface area contributed by atoms with Crippen molar-refractivity contribution in [3.63, 3.8) is 0 Å². The zero-order valence-electron chi connectivity index (χ0n) is 12.5. The van der Waals surface area contributed by atoms with E-state index in [0.717, 1.165) is 5.69 Å². The van der Waals surface area contributed by atoms with E-state index in [2.05, 4.69) is 0 Å². The third kappa shape index (κ3) is 3.10. The molecule has 0 atom stereocenters. The molecule has 2 amide bonds. The minimum atomic E-state index is -1.24. The summed E-state index contributed by atoms with van der Waals surface area (Å²) in [6.07, 6.45) is 0. The molecule has 1 aromatic rings. The van der Waals surface area contributed by atoms with Crippen LogP contribution in [0.1, 0.15) is 27.7 Å². The molecule has 1 aromatic carbocycles. The van der Waals surface area contributed by atoms with Gasteiger partial charge < -0.3 is 10.0 Å². The third-order valence-corrected chi connectivity index (χ3v) is 3.36. The minimum Gasteiger partial charge on any atom is -0.480 e. The van der Waals surface area contributed by atoms with E-state index in [1.807, 2.05) is 37.3 Å². The monoisotopic (exact) mass is 278 g/mol. The lowest BCUT2D eigenvalue weighted by molar-refractivity contribution is -0.147. The average molecular weight is 278 g/mol. The van der Waals surface area contributed by atoms with Gasteiger partial charge in [0.25, 0.3) is 0 Å². The van der Waals surface area contributed by atoms with Gasteiger partial charge in [-0.1, -0.05) is 18.2 Å². The number of carboxylic acid groups (broad SMARTS) is 1.